The van der Waals surface area contributed by atoms with Crippen molar-refractivity contribution in [1.29, 1.82) is 0 Å². The average molecular weight is 271 g/mol. The first kappa shape index (κ1) is 12.4. The van der Waals surface area contributed by atoms with Gasteiger partial charge in [0, 0.05) is 17.4 Å². The van der Waals surface area contributed by atoms with E-state index in [-0.39, 0.29) is 5.92 Å². The van der Waals surface area contributed by atoms with Gasteiger partial charge in [0.2, 0.25) is 0 Å². The summed E-state index contributed by atoms with van der Waals surface area (Å²) < 4.78 is 0. The molecule has 0 aliphatic heterocycles. The Morgan fingerprint density at radius 1 is 1.00 bits per heavy atom. The minimum Gasteiger partial charge on any atom is -0.299 e. The van der Waals surface area contributed by atoms with Gasteiger partial charge in [-0.3, -0.25) is 4.79 Å². The summed E-state index contributed by atoms with van der Waals surface area (Å²) >= 11 is 5.85. The Kier molecular flexibility index (Phi) is 3.39. The lowest BCUT2D eigenvalue weighted by Crippen LogP contribution is -2.17. The third kappa shape index (κ3) is 2.71. The fraction of sp³-hybridized carbons (Fsp3) is 0.235. The summed E-state index contributed by atoms with van der Waals surface area (Å²) in [6.07, 6.45) is 2.29. The molecule has 96 valence electrons. The zero-order chi connectivity index (χ0) is 13.2. The van der Waals surface area contributed by atoms with E-state index in [0.29, 0.717) is 17.2 Å². The Bertz CT molecular complexity index is 576. The van der Waals surface area contributed by atoms with Gasteiger partial charge in [0.1, 0.15) is 5.78 Å². The molecule has 0 saturated carbocycles. The van der Waals surface area contributed by atoms with Gasteiger partial charge in [0.15, 0.2) is 0 Å². The van der Waals surface area contributed by atoms with Crippen molar-refractivity contribution in [2.75, 3.05) is 0 Å². The molecule has 1 nitrogen and oxygen atoms in total. The van der Waals surface area contributed by atoms with Crippen molar-refractivity contribution in [1.82, 2.24) is 0 Å². The molecule has 19 heavy (non-hydrogen) atoms. The number of halogens is 1. The molecule has 0 fully saturated rings. The van der Waals surface area contributed by atoms with E-state index in [1.807, 2.05) is 36.4 Å². The maximum Gasteiger partial charge on any atom is 0.140 e. The van der Waals surface area contributed by atoms with Crippen LogP contribution in [0.2, 0.25) is 5.02 Å². The standard InChI is InChI=1S/C17H15ClO/c18-16-7-5-12(6-8-16)9-17(19)15-10-13-3-1-2-4-14(13)11-15/h1-8,15H,9-11H2. The Balaban J connectivity index is 1.68. The van der Waals surface area contributed by atoms with Gasteiger partial charge in [0.05, 0.1) is 0 Å². The van der Waals surface area contributed by atoms with E-state index in [0.717, 1.165) is 18.4 Å². The molecule has 0 spiro atoms. The summed E-state index contributed by atoms with van der Waals surface area (Å²) in [6, 6.07) is 15.9. The van der Waals surface area contributed by atoms with Crippen LogP contribution in [-0.4, -0.2) is 5.78 Å². The van der Waals surface area contributed by atoms with E-state index in [4.69, 9.17) is 11.6 Å². The lowest BCUT2D eigenvalue weighted by molar-refractivity contribution is -0.121. The lowest BCUT2D eigenvalue weighted by Gasteiger charge is -2.08. The number of rotatable bonds is 3. The van der Waals surface area contributed by atoms with E-state index in [9.17, 15) is 4.79 Å². The van der Waals surface area contributed by atoms with Crippen molar-refractivity contribution in [3.63, 3.8) is 0 Å². The first-order chi connectivity index (χ1) is 9.22. The molecule has 2 aromatic carbocycles. The number of carbonyl (C=O) groups excluding carboxylic acids is 1. The molecule has 0 saturated heterocycles. The van der Waals surface area contributed by atoms with Crippen molar-refractivity contribution in [2.24, 2.45) is 5.92 Å². The predicted octanol–water partition coefficient (Wildman–Crippen LogP) is 3.87. The maximum absolute atomic E-state index is 12.3. The Morgan fingerprint density at radius 3 is 2.16 bits per heavy atom. The van der Waals surface area contributed by atoms with Crippen LogP contribution in [0.1, 0.15) is 16.7 Å². The number of fused-ring (bicyclic) bond motifs is 1. The molecule has 2 heteroatoms. The minimum atomic E-state index is 0.146. The summed E-state index contributed by atoms with van der Waals surface area (Å²) in [6.45, 7) is 0. The molecular weight excluding hydrogens is 256 g/mol. The second-order valence-corrected chi connectivity index (χ2v) is 5.58. The third-order valence-corrected chi connectivity index (χ3v) is 4.05. The molecule has 2 aromatic rings. The van der Waals surface area contributed by atoms with Crippen LogP contribution in [0.15, 0.2) is 48.5 Å². The second kappa shape index (κ2) is 5.18. The van der Waals surface area contributed by atoms with E-state index >= 15 is 0 Å². The fourth-order valence-electron chi connectivity index (χ4n) is 2.73. The predicted molar refractivity (Wildman–Crippen MR) is 77.5 cm³/mol. The number of ketones is 1. The number of hydrogen-bond acceptors (Lipinski definition) is 1. The van der Waals surface area contributed by atoms with Gasteiger partial charge < -0.3 is 0 Å². The summed E-state index contributed by atoms with van der Waals surface area (Å²) in [5.74, 6) is 0.478. The van der Waals surface area contributed by atoms with Crippen molar-refractivity contribution in [2.45, 2.75) is 19.3 Å². The van der Waals surface area contributed by atoms with Gasteiger partial charge in [-0.2, -0.15) is 0 Å². The van der Waals surface area contributed by atoms with Crippen LogP contribution >= 0.6 is 11.6 Å². The molecule has 1 aliphatic rings. The van der Waals surface area contributed by atoms with Crippen molar-refractivity contribution < 1.29 is 4.79 Å². The molecule has 0 heterocycles. The smallest absolute Gasteiger partial charge is 0.140 e. The zero-order valence-electron chi connectivity index (χ0n) is 10.6. The number of benzene rings is 2. The molecule has 0 atom stereocenters. The summed E-state index contributed by atoms with van der Waals surface area (Å²) in [5, 5.41) is 0.712. The molecule has 0 radical (unpaired) electrons. The zero-order valence-corrected chi connectivity index (χ0v) is 11.4. The number of carbonyl (C=O) groups is 1. The second-order valence-electron chi connectivity index (χ2n) is 5.14. The average Bonchev–Trinajstić information content (AvgIpc) is 2.85. The maximum atomic E-state index is 12.3. The first-order valence-electron chi connectivity index (χ1n) is 6.56. The van der Waals surface area contributed by atoms with Crippen molar-refractivity contribution in [3.05, 3.63) is 70.2 Å². The third-order valence-electron chi connectivity index (χ3n) is 3.80. The molecule has 0 bridgehead atoms. The number of hydrogen-bond donors (Lipinski definition) is 0. The Labute approximate surface area is 118 Å². The minimum absolute atomic E-state index is 0.146. The largest absolute Gasteiger partial charge is 0.299 e. The topological polar surface area (TPSA) is 17.1 Å². The van der Waals surface area contributed by atoms with Crippen LogP contribution in [0.5, 0.6) is 0 Å². The molecule has 0 N–H and O–H groups in total. The van der Waals surface area contributed by atoms with Gasteiger partial charge in [-0.25, -0.2) is 0 Å². The molecule has 0 aromatic heterocycles. The highest BCUT2D eigenvalue weighted by Crippen LogP contribution is 2.27. The van der Waals surface area contributed by atoms with Crippen molar-refractivity contribution in [3.8, 4) is 0 Å². The van der Waals surface area contributed by atoms with Gasteiger partial charge in [0.25, 0.3) is 0 Å². The van der Waals surface area contributed by atoms with E-state index < -0.39 is 0 Å². The Hall–Kier alpha value is -1.60. The van der Waals surface area contributed by atoms with Crippen LogP contribution in [-0.2, 0) is 24.1 Å². The SMILES string of the molecule is O=C(Cc1ccc(Cl)cc1)C1Cc2ccccc2C1. The van der Waals surface area contributed by atoms with Crippen LogP contribution in [0, 0.1) is 5.92 Å². The van der Waals surface area contributed by atoms with Gasteiger partial charge in [-0.1, -0.05) is 48.0 Å². The van der Waals surface area contributed by atoms with E-state index in [2.05, 4.69) is 12.1 Å². The van der Waals surface area contributed by atoms with Gasteiger partial charge in [-0.15, -0.1) is 0 Å². The molecular formula is C17H15ClO. The van der Waals surface area contributed by atoms with Gasteiger partial charge in [-0.05, 0) is 41.7 Å². The highest BCUT2D eigenvalue weighted by molar-refractivity contribution is 6.30. The van der Waals surface area contributed by atoms with Crippen LogP contribution in [0.4, 0.5) is 0 Å². The highest BCUT2D eigenvalue weighted by atomic mass is 35.5. The Morgan fingerprint density at radius 2 is 1.58 bits per heavy atom. The van der Waals surface area contributed by atoms with Crippen LogP contribution in [0.25, 0.3) is 0 Å². The highest BCUT2D eigenvalue weighted by Gasteiger charge is 2.26. The fourth-order valence-corrected chi connectivity index (χ4v) is 2.86. The normalized spacial score (nSPS) is 14.4. The molecule has 1 aliphatic carbocycles. The van der Waals surface area contributed by atoms with Crippen molar-refractivity contribution >= 4 is 17.4 Å². The number of Topliss-reactive ketones (excluding diaryl/α,β-unsaturated/α-hetero) is 1. The first-order valence-corrected chi connectivity index (χ1v) is 6.94. The summed E-state index contributed by atoms with van der Waals surface area (Å²) in [5.41, 5.74) is 3.71. The van der Waals surface area contributed by atoms with Gasteiger partial charge >= 0.3 is 0 Å². The van der Waals surface area contributed by atoms with E-state index in [1.165, 1.54) is 11.1 Å². The molecule has 3 rings (SSSR count). The van der Waals surface area contributed by atoms with Crippen LogP contribution in [0.3, 0.4) is 0 Å². The van der Waals surface area contributed by atoms with E-state index in [1.54, 1.807) is 0 Å². The lowest BCUT2D eigenvalue weighted by atomic mass is 9.95. The van der Waals surface area contributed by atoms with Crippen LogP contribution < -0.4 is 0 Å². The summed E-state index contributed by atoms with van der Waals surface area (Å²) in [4.78, 5) is 12.3. The quantitative estimate of drug-likeness (QED) is 0.828. The molecule has 0 amide bonds. The monoisotopic (exact) mass is 270 g/mol. The molecule has 0 unspecified atom stereocenters. The summed E-state index contributed by atoms with van der Waals surface area (Å²) in [7, 11) is 0.